The second-order valence-electron chi connectivity index (χ2n) is 10.2. The van der Waals surface area contributed by atoms with E-state index >= 15 is 0 Å². The first kappa shape index (κ1) is 27.8. The predicted molar refractivity (Wildman–Crippen MR) is 163 cm³/mol. The number of aliphatic hydroxyl groups excluding tert-OH is 1. The highest BCUT2D eigenvalue weighted by molar-refractivity contribution is 7.99. The van der Waals surface area contributed by atoms with Crippen LogP contribution in [0.2, 0.25) is 0 Å². The molecule has 7 heteroatoms. The van der Waals surface area contributed by atoms with Crippen LogP contribution in [-0.2, 0) is 4.79 Å². The predicted octanol–water partition coefficient (Wildman–Crippen LogP) is 6.60. The molecule has 0 amide bonds. The van der Waals surface area contributed by atoms with Crippen molar-refractivity contribution in [3.8, 4) is 0 Å². The van der Waals surface area contributed by atoms with Crippen molar-refractivity contribution in [2.75, 3.05) is 43.4 Å². The maximum absolute atomic E-state index is 10.2. The van der Waals surface area contributed by atoms with Crippen molar-refractivity contribution in [1.82, 2.24) is 4.90 Å². The van der Waals surface area contributed by atoms with Crippen LogP contribution in [0, 0.1) is 0 Å². The Morgan fingerprint density at radius 2 is 1.40 bits per heavy atom. The number of para-hydroxylation sites is 1. The number of fused-ring (bicyclic) bond motifs is 2. The molecule has 4 aromatic rings. The van der Waals surface area contributed by atoms with Crippen molar-refractivity contribution >= 4 is 34.8 Å². The number of nitrogens with one attached hydrogen (secondary N) is 1. The number of carboxylic acid groups (broad SMARTS) is 1. The largest absolute Gasteiger partial charge is 0.479 e. The molecule has 0 aliphatic carbocycles. The van der Waals surface area contributed by atoms with Gasteiger partial charge in [-0.05, 0) is 60.1 Å². The molecule has 2 atom stereocenters. The summed E-state index contributed by atoms with van der Waals surface area (Å²) in [5.74, 6) is -0.859. The van der Waals surface area contributed by atoms with Gasteiger partial charge in [-0.1, -0.05) is 79.3 Å². The Bertz CT molecular complexity index is 1440. The van der Waals surface area contributed by atoms with Gasteiger partial charge in [0.1, 0.15) is 0 Å². The molecule has 0 radical (unpaired) electrons. The summed E-state index contributed by atoms with van der Waals surface area (Å²) < 4.78 is 0. The van der Waals surface area contributed by atoms with Gasteiger partial charge in [0.15, 0.2) is 6.10 Å². The van der Waals surface area contributed by atoms with Gasteiger partial charge >= 0.3 is 5.97 Å². The zero-order valence-corrected chi connectivity index (χ0v) is 23.6. The minimum absolute atomic E-state index is 0.366. The first-order chi connectivity index (χ1) is 19.4. The molecular formula is C33H35N3O3S. The maximum atomic E-state index is 10.2. The Kier molecular flexibility index (Phi) is 8.75. The minimum atomic E-state index is -1.41. The van der Waals surface area contributed by atoms with Crippen LogP contribution in [-0.4, -0.2) is 54.3 Å². The van der Waals surface area contributed by atoms with E-state index in [4.69, 9.17) is 10.2 Å². The molecule has 0 aromatic heterocycles. The zero-order valence-electron chi connectivity index (χ0n) is 22.8. The van der Waals surface area contributed by atoms with Gasteiger partial charge in [0, 0.05) is 47.6 Å². The van der Waals surface area contributed by atoms with Gasteiger partial charge in [-0.2, -0.15) is 0 Å². The van der Waals surface area contributed by atoms with E-state index in [0.29, 0.717) is 11.5 Å². The number of likely N-dealkylation sites (N-methyl/N-ethyl adjacent to an activating group) is 1. The van der Waals surface area contributed by atoms with Gasteiger partial charge < -0.3 is 25.3 Å². The molecule has 4 aromatic carbocycles. The van der Waals surface area contributed by atoms with E-state index in [1.54, 1.807) is 30.3 Å². The zero-order chi connectivity index (χ0) is 28.1. The summed E-state index contributed by atoms with van der Waals surface area (Å²) in [6.07, 6.45) is -1.41. The second kappa shape index (κ2) is 12.6. The van der Waals surface area contributed by atoms with Gasteiger partial charge in [0.25, 0.3) is 0 Å². The molecular weight excluding hydrogens is 518 g/mol. The van der Waals surface area contributed by atoms with Gasteiger partial charge in [-0.15, -0.1) is 0 Å². The summed E-state index contributed by atoms with van der Waals surface area (Å²) in [6.45, 7) is 6.81. The number of rotatable bonds is 5. The van der Waals surface area contributed by atoms with Crippen molar-refractivity contribution in [2.24, 2.45) is 0 Å². The van der Waals surface area contributed by atoms with Crippen molar-refractivity contribution in [3.63, 3.8) is 0 Å². The fraction of sp³-hybridized carbons (Fsp3) is 0.242. The number of hydrogen-bond donors (Lipinski definition) is 3. The Morgan fingerprint density at radius 1 is 0.775 bits per heavy atom. The molecule has 2 aliphatic heterocycles. The van der Waals surface area contributed by atoms with Crippen LogP contribution >= 0.6 is 11.8 Å². The normalized spacial score (nSPS) is 15.9. The average Bonchev–Trinajstić information content (AvgIpc) is 3.00. The summed E-state index contributed by atoms with van der Waals surface area (Å²) >= 11 is 1.85. The third-order valence-electron chi connectivity index (χ3n) is 7.49. The Balaban J connectivity index is 0.000000248. The minimum Gasteiger partial charge on any atom is -0.479 e. The summed E-state index contributed by atoms with van der Waals surface area (Å²) in [7, 11) is 2.20. The number of carboxylic acids is 1. The summed E-state index contributed by atoms with van der Waals surface area (Å²) in [5.41, 5.74) is 6.88. The van der Waals surface area contributed by atoms with Crippen molar-refractivity contribution in [2.45, 2.75) is 28.7 Å². The topological polar surface area (TPSA) is 76.0 Å². The highest BCUT2D eigenvalue weighted by atomic mass is 32.2. The molecule has 2 unspecified atom stereocenters. The molecule has 1 saturated heterocycles. The van der Waals surface area contributed by atoms with Gasteiger partial charge in [-0.3, -0.25) is 0 Å². The lowest BCUT2D eigenvalue weighted by molar-refractivity contribution is -0.146. The van der Waals surface area contributed by atoms with Crippen LogP contribution < -0.4 is 10.2 Å². The third kappa shape index (κ3) is 6.50. The van der Waals surface area contributed by atoms with Crippen LogP contribution in [0.25, 0.3) is 0 Å². The molecule has 40 heavy (non-hydrogen) atoms. The van der Waals surface area contributed by atoms with Crippen LogP contribution in [0.4, 0.5) is 17.1 Å². The SMILES string of the molecule is CC(c1ccc(N2CCN(C)CC2)cc1)c1ccc2c(c1)Nc1ccccc1S2.O=C(O)C(O)c1ccccc1. The highest BCUT2D eigenvalue weighted by Gasteiger charge is 2.19. The molecule has 0 spiro atoms. The number of aliphatic carboxylic acids is 1. The molecule has 206 valence electrons. The number of hydrogen-bond acceptors (Lipinski definition) is 6. The first-order valence-electron chi connectivity index (χ1n) is 13.6. The lowest BCUT2D eigenvalue weighted by Crippen LogP contribution is -2.44. The second-order valence-corrected chi connectivity index (χ2v) is 11.3. The molecule has 0 saturated carbocycles. The molecule has 6 nitrogen and oxygen atoms in total. The van der Waals surface area contributed by atoms with Crippen LogP contribution in [0.15, 0.2) is 107 Å². The Labute approximate surface area is 240 Å². The van der Waals surface area contributed by atoms with Gasteiger partial charge in [-0.25, -0.2) is 4.79 Å². The van der Waals surface area contributed by atoms with Gasteiger partial charge in [0.05, 0.1) is 11.4 Å². The number of carbonyl (C=O) groups is 1. The highest BCUT2D eigenvalue weighted by Crippen LogP contribution is 2.45. The summed E-state index contributed by atoms with van der Waals surface area (Å²) in [6, 6.07) is 32.8. The van der Waals surface area contributed by atoms with E-state index < -0.39 is 12.1 Å². The number of benzene rings is 4. The molecule has 2 heterocycles. The van der Waals surface area contributed by atoms with E-state index in [1.165, 1.54) is 38.0 Å². The molecule has 0 bridgehead atoms. The Morgan fingerprint density at radius 3 is 2.10 bits per heavy atom. The average molecular weight is 554 g/mol. The quantitative estimate of drug-likeness (QED) is 0.226. The van der Waals surface area contributed by atoms with E-state index in [9.17, 15) is 4.79 Å². The molecule has 6 rings (SSSR count). The lowest BCUT2D eigenvalue weighted by atomic mass is 9.92. The third-order valence-corrected chi connectivity index (χ3v) is 8.64. The van der Waals surface area contributed by atoms with Crippen LogP contribution in [0.1, 0.15) is 35.6 Å². The first-order valence-corrected chi connectivity index (χ1v) is 14.4. The van der Waals surface area contributed by atoms with Gasteiger partial charge in [0.2, 0.25) is 0 Å². The summed E-state index contributed by atoms with van der Waals surface area (Å²) in [4.78, 5) is 17.7. The smallest absolute Gasteiger partial charge is 0.337 e. The summed E-state index contributed by atoms with van der Waals surface area (Å²) in [5, 5.41) is 21.0. The van der Waals surface area contributed by atoms with Crippen molar-refractivity contribution < 1.29 is 15.0 Å². The fourth-order valence-corrected chi connectivity index (χ4v) is 5.90. The van der Waals surface area contributed by atoms with E-state index in [-0.39, 0.29) is 0 Å². The maximum Gasteiger partial charge on any atom is 0.337 e. The molecule has 2 aliphatic rings. The monoisotopic (exact) mass is 553 g/mol. The number of aliphatic hydroxyl groups is 1. The molecule has 1 fully saturated rings. The molecule has 3 N–H and O–H groups in total. The van der Waals surface area contributed by atoms with E-state index in [2.05, 4.69) is 95.8 Å². The standard InChI is InChI=1S/C25H27N3S.C8H8O3/c1-18(19-7-10-21(11-8-19)28-15-13-27(2)14-16-28)20-9-12-25-23(17-20)26-22-5-3-4-6-24(22)29-25;9-7(8(10)11)6-4-2-1-3-5-6/h3-12,17-18,26H,13-16H2,1-2H3;1-5,7,9H,(H,10,11). The van der Waals surface area contributed by atoms with Crippen molar-refractivity contribution in [3.05, 3.63) is 114 Å². The fourth-order valence-electron chi connectivity index (χ4n) is 4.93. The Hall–Kier alpha value is -3.78. The number of nitrogens with zero attached hydrogens (tertiary/aromatic N) is 2. The van der Waals surface area contributed by atoms with E-state index in [0.717, 1.165) is 26.2 Å². The van der Waals surface area contributed by atoms with Crippen molar-refractivity contribution in [1.29, 1.82) is 0 Å². The van der Waals surface area contributed by atoms with Crippen LogP contribution in [0.5, 0.6) is 0 Å². The van der Waals surface area contributed by atoms with Crippen LogP contribution in [0.3, 0.4) is 0 Å². The number of anilines is 3. The lowest BCUT2D eigenvalue weighted by Gasteiger charge is -2.34. The number of piperazine rings is 1. The van der Waals surface area contributed by atoms with E-state index in [1.807, 2.05) is 11.8 Å².